The maximum Gasteiger partial charge on any atom is 0.423 e. The lowest BCUT2D eigenvalue weighted by Gasteiger charge is -2.08. The highest BCUT2D eigenvalue weighted by Crippen LogP contribution is 2.48. The van der Waals surface area contributed by atoms with Crippen LogP contribution in [0, 0.1) is 30.3 Å². The van der Waals surface area contributed by atoms with Gasteiger partial charge >= 0.3 is 23.2 Å². The number of rotatable bonds is 3. The number of nitro benzene ring substituents is 3. The summed E-state index contributed by atoms with van der Waals surface area (Å²) in [6, 6.07) is -0.290. The Morgan fingerprint density at radius 3 is 1.70 bits per heavy atom. The van der Waals surface area contributed by atoms with Crippen molar-refractivity contribution in [1.82, 2.24) is 0 Å². The summed E-state index contributed by atoms with van der Waals surface area (Å²) in [5.74, 6) is 0. The Morgan fingerprint density at radius 1 is 0.950 bits per heavy atom. The molecule has 0 radical (unpaired) electrons. The normalized spacial score (nSPS) is 11.2. The van der Waals surface area contributed by atoms with Crippen molar-refractivity contribution in [3.63, 3.8) is 0 Å². The topological polar surface area (TPSA) is 129 Å². The lowest BCUT2D eigenvalue weighted by molar-refractivity contribution is -0.424. The largest absolute Gasteiger partial charge is 0.423 e. The van der Waals surface area contributed by atoms with Crippen molar-refractivity contribution in [1.29, 1.82) is 0 Å². The Hall–Kier alpha value is -2.50. The first-order chi connectivity index (χ1) is 8.98. The molecule has 0 bridgehead atoms. The van der Waals surface area contributed by atoms with Crippen LogP contribution in [0.5, 0.6) is 0 Å². The molecule has 0 amide bonds. The minimum atomic E-state index is -5.34. The predicted octanol–water partition coefficient (Wildman–Crippen LogP) is 3.08. The molecular formula is C7HClF3N3O6. The van der Waals surface area contributed by atoms with Crippen molar-refractivity contribution in [2.75, 3.05) is 0 Å². The van der Waals surface area contributed by atoms with Crippen LogP contribution in [0.3, 0.4) is 0 Å². The van der Waals surface area contributed by atoms with Gasteiger partial charge in [-0.15, -0.1) is 0 Å². The van der Waals surface area contributed by atoms with E-state index < -0.39 is 48.6 Å². The van der Waals surface area contributed by atoms with Gasteiger partial charge in [-0.3, -0.25) is 30.3 Å². The fourth-order valence-corrected chi connectivity index (χ4v) is 1.66. The van der Waals surface area contributed by atoms with E-state index in [9.17, 15) is 43.5 Å². The predicted molar refractivity (Wildman–Crippen MR) is 56.4 cm³/mol. The molecule has 0 N–H and O–H groups in total. The molecule has 1 rings (SSSR count). The third kappa shape index (κ3) is 2.59. The van der Waals surface area contributed by atoms with Crippen molar-refractivity contribution in [2.45, 2.75) is 6.18 Å². The number of nitrogens with zero attached hydrogens (tertiary/aromatic N) is 3. The molecule has 0 unspecified atom stereocenters. The number of hydrogen-bond acceptors (Lipinski definition) is 6. The maximum atomic E-state index is 12.6. The average molecular weight is 316 g/mol. The molecule has 1 aromatic rings. The summed E-state index contributed by atoms with van der Waals surface area (Å²) >= 11 is 5.17. The van der Waals surface area contributed by atoms with Gasteiger partial charge in [0.15, 0.2) is 0 Å². The minimum Gasteiger partial charge on any atom is -0.258 e. The monoisotopic (exact) mass is 315 g/mol. The smallest absolute Gasteiger partial charge is 0.258 e. The van der Waals surface area contributed by atoms with Gasteiger partial charge in [0.05, 0.1) is 14.8 Å². The summed E-state index contributed by atoms with van der Waals surface area (Å²) in [5, 5.41) is 30.2. The van der Waals surface area contributed by atoms with Gasteiger partial charge in [-0.05, 0) is 0 Å². The summed E-state index contributed by atoms with van der Waals surface area (Å²) in [5.41, 5.74) is -7.00. The van der Waals surface area contributed by atoms with E-state index in [0.29, 0.717) is 0 Å². The summed E-state index contributed by atoms with van der Waals surface area (Å²) in [6.45, 7) is 0. The van der Waals surface area contributed by atoms with Crippen LogP contribution < -0.4 is 0 Å². The molecule has 108 valence electrons. The van der Waals surface area contributed by atoms with Crippen LogP contribution in [0.15, 0.2) is 6.07 Å². The highest BCUT2D eigenvalue weighted by Gasteiger charge is 2.46. The van der Waals surface area contributed by atoms with Crippen molar-refractivity contribution in [3.8, 4) is 0 Å². The van der Waals surface area contributed by atoms with Gasteiger partial charge in [0.25, 0.3) is 0 Å². The number of nitro groups is 3. The zero-order valence-electron chi connectivity index (χ0n) is 8.88. The SMILES string of the molecule is O=[N+]([O-])c1cc(C(F)(F)F)c([N+](=O)[O-])c(Cl)c1[N+](=O)[O-]. The second-order valence-electron chi connectivity index (χ2n) is 3.22. The lowest BCUT2D eigenvalue weighted by Crippen LogP contribution is -2.11. The minimum absolute atomic E-state index is 0.290. The van der Waals surface area contributed by atoms with Crippen LogP contribution in [-0.2, 0) is 6.18 Å². The lowest BCUT2D eigenvalue weighted by atomic mass is 10.1. The zero-order chi connectivity index (χ0) is 15.8. The van der Waals surface area contributed by atoms with Gasteiger partial charge in [-0.25, -0.2) is 0 Å². The Kier molecular flexibility index (Phi) is 3.80. The number of benzene rings is 1. The van der Waals surface area contributed by atoms with E-state index in [1.807, 2.05) is 0 Å². The van der Waals surface area contributed by atoms with Gasteiger partial charge in [-0.1, -0.05) is 11.6 Å². The van der Waals surface area contributed by atoms with Crippen LogP contribution in [0.1, 0.15) is 5.56 Å². The Balaban J connectivity index is 3.95. The standard InChI is InChI=1S/C7HClF3N3O6/c8-4-5(13(17)18)2(7(9,10)11)1-3(12(15)16)6(4)14(19)20/h1H. The molecular weight excluding hydrogens is 315 g/mol. The maximum absolute atomic E-state index is 12.6. The highest BCUT2D eigenvalue weighted by molar-refractivity contribution is 6.35. The van der Waals surface area contributed by atoms with Crippen molar-refractivity contribution in [2.24, 2.45) is 0 Å². The average Bonchev–Trinajstić information content (AvgIpc) is 2.24. The third-order valence-corrected chi connectivity index (χ3v) is 2.42. The first-order valence-electron chi connectivity index (χ1n) is 4.35. The summed E-state index contributed by atoms with van der Waals surface area (Å²) in [6.07, 6.45) is -5.34. The summed E-state index contributed by atoms with van der Waals surface area (Å²) < 4.78 is 37.8. The fraction of sp³-hybridized carbons (Fsp3) is 0.143. The zero-order valence-corrected chi connectivity index (χ0v) is 9.64. The molecule has 0 saturated carbocycles. The molecule has 0 saturated heterocycles. The third-order valence-electron chi connectivity index (χ3n) is 2.06. The molecule has 0 atom stereocenters. The second-order valence-corrected chi connectivity index (χ2v) is 3.60. The van der Waals surface area contributed by atoms with Gasteiger partial charge in [0.2, 0.25) is 5.02 Å². The van der Waals surface area contributed by atoms with Crippen LogP contribution in [0.25, 0.3) is 0 Å². The molecule has 0 aliphatic rings. The summed E-state index contributed by atoms with van der Waals surface area (Å²) in [4.78, 5) is 27.2. The molecule has 0 heterocycles. The molecule has 13 heteroatoms. The quantitative estimate of drug-likeness (QED) is 0.622. The van der Waals surface area contributed by atoms with Gasteiger partial charge in [0.1, 0.15) is 5.56 Å². The van der Waals surface area contributed by atoms with E-state index in [4.69, 9.17) is 11.6 Å². The van der Waals surface area contributed by atoms with E-state index in [1.165, 1.54) is 0 Å². The molecule has 0 fully saturated rings. The highest BCUT2D eigenvalue weighted by atomic mass is 35.5. The Morgan fingerprint density at radius 2 is 1.40 bits per heavy atom. The Bertz CT molecular complexity index is 631. The first kappa shape index (κ1) is 15.6. The van der Waals surface area contributed by atoms with E-state index in [1.54, 1.807) is 0 Å². The van der Waals surface area contributed by atoms with Crippen LogP contribution >= 0.6 is 11.6 Å². The van der Waals surface area contributed by atoms with Crippen molar-refractivity contribution in [3.05, 3.63) is 47.0 Å². The van der Waals surface area contributed by atoms with E-state index in [-0.39, 0.29) is 6.07 Å². The molecule has 0 aromatic heterocycles. The van der Waals surface area contributed by atoms with Crippen LogP contribution in [-0.4, -0.2) is 14.8 Å². The molecule has 0 aliphatic carbocycles. The molecule has 1 aromatic carbocycles. The van der Waals surface area contributed by atoms with Gasteiger partial charge in [-0.2, -0.15) is 13.2 Å². The van der Waals surface area contributed by atoms with Gasteiger partial charge < -0.3 is 0 Å². The van der Waals surface area contributed by atoms with Crippen LogP contribution in [0.2, 0.25) is 5.02 Å². The van der Waals surface area contributed by atoms with E-state index >= 15 is 0 Å². The van der Waals surface area contributed by atoms with Crippen molar-refractivity contribution < 1.29 is 27.9 Å². The number of hydrogen-bond donors (Lipinski definition) is 0. The molecule has 9 nitrogen and oxygen atoms in total. The van der Waals surface area contributed by atoms with Gasteiger partial charge in [0, 0.05) is 6.07 Å². The molecule has 0 aliphatic heterocycles. The second kappa shape index (κ2) is 4.88. The van der Waals surface area contributed by atoms with Crippen LogP contribution in [0.4, 0.5) is 30.2 Å². The fourth-order valence-electron chi connectivity index (χ4n) is 1.32. The number of alkyl halides is 3. The molecule has 20 heavy (non-hydrogen) atoms. The Labute approximate surface area is 111 Å². The number of halogens is 4. The first-order valence-corrected chi connectivity index (χ1v) is 4.73. The molecule has 0 spiro atoms. The van der Waals surface area contributed by atoms with E-state index in [2.05, 4.69) is 0 Å². The van der Waals surface area contributed by atoms with Crippen molar-refractivity contribution >= 4 is 28.7 Å². The van der Waals surface area contributed by atoms with E-state index in [0.717, 1.165) is 0 Å². The summed E-state index contributed by atoms with van der Waals surface area (Å²) in [7, 11) is 0.